The van der Waals surface area contributed by atoms with E-state index >= 15 is 0 Å². The van der Waals surface area contributed by atoms with Crippen molar-refractivity contribution >= 4 is 46.1 Å². The molecule has 1 aromatic rings. The second kappa shape index (κ2) is 20.2. The lowest BCUT2D eigenvalue weighted by Crippen LogP contribution is -2.48. The Bertz CT molecular complexity index is 1390. The van der Waals surface area contributed by atoms with Crippen LogP contribution in [0.15, 0.2) is 30.3 Å². The maximum atomic E-state index is 14.3. The number of carbonyl (C=O) groups is 3. The average molecular weight is 767 g/mol. The van der Waals surface area contributed by atoms with Crippen LogP contribution in [0.1, 0.15) is 73.3 Å². The van der Waals surface area contributed by atoms with Gasteiger partial charge < -0.3 is 38.1 Å². The van der Waals surface area contributed by atoms with Gasteiger partial charge in [0.2, 0.25) is 0 Å². The van der Waals surface area contributed by atoms with E-state index in [1.165, 1.54) is 0 Å². The maximum absolute atomic E-state index is 14.3. The van der Waals surface area contributed by atoms with Crippen LogP contribution >= 0.6 is 24.0 Å². The molecule has 2 rings (SSSR count). The third kappa shape index (κ3) is 14.6. The molecule has 4 atom stereocenters. The van der Waals surface area contributed by atoms with Gasteiger partial charge in [-0.15, -0.1) is 0 Å². The molecule has 1 aromatic carbocycles. The van der Waals surface area contributed by atoms with E-state index in [4.69, 9.17) is 45.4 Å². The summed E-state index contributed by atoms with van der Waals surface area (Å²) in [4.78, 5) is 44.5. The minimum absolute atomic E-state index is 0.0721. The molecular formula is C38H58N2O10S2. The van der Waals surface area contributed by atoms with E-state index in [-0.39, 0.29) is 52.3 Å². The van der Waals surface area contributed by atoms with Crippen molar-refractivity contribution in [1.29, 1.82) is 5.26 Å². The average Bonchev–Trinajstić information content (AvgIpc) is 3.42. The monoisotopic (exact) mass is 766 g/mol. The molecule has 0 N–H and O–H groups in total. The lowest BCUT2D eigenvalue weighted by molar-refractivity contribution is -0.168. The Hall–Kier alpha value is -2.64. The summed E-state index contributed by atoms with van der Waals surface area (Å²) in [5, 5.41) is 10.0. The Morgan fingerprint density at radius 3 is 2.06 bits per heavy atom. The van der Waals surface area contributed by atoms with Crippen LogP contribution in [0.25, 0.3) is 0 Å². The summed E-state index contributed by atoms with van der Waals surface area (Å²) in [5.74, 6) is -2.65. The Balaban J connectivity index is 2.58. The fourth-order valence-electron chi connectivity index (χ4n) is 6.30. The number of esters is 3. The highest BCUT2D eigenvalue weighted by Gasteiger charge is 2.54. The number of thiocarbonyl (C=S) groups is 1. The van der Waals surface area contributed by atoms with Crippen molar-refractivity contribution in [2.24, 2.45) is 16.2 Å². The van der Waals surface area contributed by atoms with E-state index in [0.29, 0.717) is 24.0 Å². The minimum atomic E-state index is -1.49. The highest BCUT2D eigenvalue weighted by molar-refractivity contribution is 8.25. The molecule has 1 saturated heterocycles. The van der Waals surface area contributed by atoms with Gasteiger partial charge in [0, 0.05) is 13.7 Å². The molecular weight excluding hydrogens is 709 g/mol. The fourth-order valence-corrected chi connectivity index (χ4v) is 8.18. The van der Waals surface area contributed by atoms with Crippen molar-refractivity contribution < 1.29 is 47.5 Å². The summed E-state index contributed by atoms with van der Waals surface area (Å²) < 4.78 is 38.5. The van der Waals surface area contributed by atoms with Crippen molar-refractivity contribution in [1.82, 2.24) is 4.90 Å². The summed E-state index contributed by atoms with van der Waals surface area (Å²) in [6.45, 7) is 13.6. The Labute approximate surface area is 319 Å². The number of nitriles is 1. The molecule has 1 aliphatic rings. The number of thioether (sulfide) groups is 1. The molecule has 0 aliphatic carbocycles. The minimum Gasteiger partial charge on any atom is -0.464 e. The molecule has 14 heteroatoms. The van der Waals surface area contributed by atoms with Crippen LogP contribution in [-0.2, 0) is 47.5 Å². The van der Waals surface area contributed by atoms with Crippen molar-refractivity contribution in [3.8, 4) is 6.07 Å². The van der Waals surface area contributed by atoms with Gasteiger partial charge in [-0.25, -0.2) is 0 Å². The van der Waals surface area contributed by atoms with Gasteiger partial charge in [-0.3, -0.25) is 14.4 Å². The summed E-state index contributed by atoms with van der Waals surface area (Å²) in [7, 11) is 5.29. The maximum Gasteiger partial charge on any atom is 0.322 e. The molecule has 0 aromatic heterocycles. The molecule has 292 valence electrons. The third-order valence-corrected chi connectivity index (χ3v) is 10.2. The van der Waals surface area contributed by atoms with Gasteiger partial charge >= 0.3 is 17.9 Å². The molecule has 0 bridgehead atoms. The number of carbonyl (C=O) groups excluding carboxylic acids is 3. The molecule has 4 unspecified atom stereocenters. The quantitative estimate of drug-likeness (QED) is 0.0626. The number of rotatable bonds is 22. The number of hydrogen-bond acceptors (Lipinski definition) is 14. The highest BCUT2D eigenvalue weighted by Crippen LogP contribution is 2.50. The van der Waals surface area contributed by atoms with Gasteiger partial charge in [0.05, 0.1) is 52.9 Å². The van der Waals surface area contributed by atoms with Crippen LogP contribution in [0, 0.1) is 27.6 Å². The summed E-state index contributed by atoms with van der Waals surface area (Å²) in [6, 6.07) is 11.5. The van der Waals surface area contributed by atoms with Crippen LogP contribution in [0.5, 0.6) is 0 Å². The van der Waals surface area contributed by atoms with E-state index in [1.807, 2.05) is 49.3 Å². The molecule has 0 saturated carbocycles. The smallest absolute Gasteiger partial charge is 0.322 e. The normalized spacial score (nSPS) is 19.1. The number of nitrogens with zero attached hydrogens (tertiary/aromatic N) is 2. The molecule has 0 amide bonds. The number of likely N-dealkylation sites (N-methyl/N-ethyl adjacent to an activating group) is 1. The molecule has 0 radical (unpaired) electrons. The van der Waals surface area contributed by atoms with E-state index in [2.05, 4.69) is 6.07 Å². The first-order chi connectivity index (χ1) is 24.2. The third-order valence-electron chi connectivity index (χ3n) is 8.52. The first-order valence-corrected chi connectivity index (χ1v) is 18.7. The first-order valence-electron chi connectivity index (χ1n) is 17.4. The summed E-state index contributed by atoms with van der Waals surface area (Å²) in [6.07, 6.45) is -0.658. The van der Waals surface area contributed by atoms with E-state index in [9.17, 15) is 19.6 Å². The van der Waals surface area contributed by atoms with Crippen LogP contribution < -0.4 is 0 Å². The zero-order chi connectivity index (χ0) is 39.2. The van der Waals surface area contributed by atoms with Crippen molar-refractivity contribution in [3.05, 3.63) is 35.9 Å². The van der Waals surface area contributed by atoms with E-state index < -0.39 is 50.8 Å². The van der Waals surface area contributed by atoms with Crippen molar-refractivity contribution in [3.63, 3.8) is 0 Å². The summed E-state index contributed by atoms with van der Waals surface area (Å²) >= 11 is 6.95. The SMILES string of the molecule is COCCOCCOC(=O)C(C)(CC(C)(CC(C)(C)C#N)C(=O)OCCN(C)C)CC(C)(SC(=S)c1ccccc1)C(=O)OCC1COC(C)(C)O1. The number of hydrogen-bond donors (Lipinski definition) is 0. The van der Waals surface area contributed by atoms with Crippen LogP contribution in [0.2, 0.25) is 0 Å². The topological polar surface area (TPSA) is 143 Å². The van der Waals surface area contributed by atoms with Crippen molar-refractivity contribution in [2.45, 2.75) is 84.4 Å². The van der Waals surface area contributed by atoms with Crippen molar-refractivity contribution in [2.75, 3.05) is 74.0 Å². The van der Waals surface area contributed by atoms with Gasteiger partial charge in [-0.1, -0.05) is 54.3 Å². The first kappa shape index (κ1) is 45.5. The lowest BCUT2D eigenvalue weighted by Gasteiger charge is -2.42. The van der Waals surface area contributed by atoms with Gasteiger partial charge in [-0.05, 0) is 87.4 Å². The number of benzene rings is 1. The second-order valence-electron chi connectivity index (χ2n) is 15.4. The van der Waals surface area contributed by atoms with Gasteiger partial charge in [-0.2, -0.15) is 5.26 Å². The molecule has 0 spiro atoms. The van der Waals surface area contributed by atoms with Crippen LogP contribution in [-0.4, -0.2) is 118 Å². The standard InChI is InChI=1S/C38H58N2O10S2/c1-34(2,27-39)24-36(5,31(41)46-17-16-40(8)9)25-37(6,32(42)47-21-20-45-19-18-44-10)26-38(7,52-30(51)28-14-12-11-13-15-28)33(43)48-22-29-23-49-35(3,4)50-29/h11-15,29H,16-26H2,1-10H3. The molecule has 12 nitrogen and oxygen atoms in total. The highest BCUT2D eigenvalue weighted by atomic mass is 32.2. The Morgan fingerprint density at radius 1 is 0.904 bits per heavy atom. The van der Waals surface area contributed by atoms with Gasteiger partial charge in [0.15, 0.2) is 5.79 Å². The zero-order valence-electron chi connectivity index (χ0n) is 32.5. The van der Waals surface area contributed by atoms with Gasteiger partial charge in [0.1, 0.15) is 30.7 Å². The predicted octanol–water partition coefficient (Wildman–Crippen LogP) is 5.59. The van der Waals surface area contributed by atoms with E-state index in [0.717, 1.165) is 17.3 Å². The lowest BCUT2D eigenvalue weighted by atomic mass is 9.64. The van der Waals surface area contributed by atoms with Crippen LogP contribution in [0.3, 0.4) is 0 Å². The molecule has 52 heavy (non-hydrogen) atoms. The molecule has 1 fully saturated rings. The second-order valence-corrected chi connectivity index (χ2v) is 17.5. The number of ether oxygens (including phenoxy) is 7. The summed E-state index contributed by atoms with van der Waals surface area (Å²) in [5.41, 5.74) is -3.07. The van der Waals surface area contributed by atoms with Gasteiger partial charge in [0.25, 0.3) is 0 Å². The predicted molar refractivity (Wildman–Crippen MR) is 203 cm³/mol. The Morgan fingerprint density at radius 2 is 1.50 bits per heavy atom. The number of methoxy groups -OCH3 is 1. The largest absolute Gasteiger partial charge is 0.464 e. The zero-order valence-corrected chi connectivity index (χ0v) is 34.2. The van der Waals surface area contributed by atoms with E-state index in [1.54, 1.807) is 55.6 Å². The molecule has 1 aliphatic heterocycles. The van der Waals surface area contributed by atoms with Crippen LogP contribution in [0.4, 0.5) is 0 Å². The fraction of sp³-hybridized carbons (Fsp3) is 0.711. The Kier molecular flexibility index (Phi) is 17.6. The molecule has 1 heterocycles.